The first-order valence-corrected chi connectivity index (χ1v) is 14.3. The molecule has 1 aliphatic rings. The van der Waals surface area contributed by atoms with Gasteiger partial charge in [0.25, 0.3) is 0 Å². The Bertz CT molecular complexity index is 1400. The van der Waals surface area contributed by atoms with Gasteiger partial charge in [-0.05, 0) is 74.1 Å². The molecule has 6 nitrogen and oxygen atoms in total. The first kappa shape index (κ1) is 26.8. The van der Waals surface area contributed by atoms with Crippen molar-refractivity contribution in [1.82, 2.24) is 9.55 Å². The van der Waals surface area contributed by atoms with Crippen molar-refractivity contribution in [2.75, 3.05) is 24.7 Å². The van der Waals surface area contributed by atoms with Gasteiger partial charge in [-0.2, -0.15) is 0 Å². The number of unbranched alkanes of at least 4 members (excludes halogenated alkanes) is 1. The molecule has 1 fully saturated rings. The van der Waals surface area contributed by atoms with Crippen LogP contribution in [0.4, 0.5) is 5.69 Å². The van der Waals surface area contributed by atoms with Crippen molar-refractivity contribution in [2.24, 2.45) is 0 Å². The van der Waals surface area contributed by atoms with E-state index in [2.05, 4.69) is 60.9 Å². The molecule has 5 rings (SSSR count). The average molecular weight is 526 g/mol. The number of aromatic nitrogens is 2. The Morgan fingerprint density at radius 1 is 0.949 bits per heavy atom. The van der Waals surface area contributed by atoms with Crippen LogP contribution in [0.1, 0.15) is 69.7 Å². The number of anilines is 1. The molecular formula is C33H39N3O3. The third-order valence-corrected chi connectivity index (χ3v) is 7.74. The monoisotopic (exact) mass is 525 g/mol. The summed E-state index contributed by atoms with van der Waals surface area (Å²) in [7, 11) is 0. The summed E-state index contributed by atoms with van der Waals surface area (Å²) in [5.74, 6) is 3.37. The highest BCUT2D eigenvalue weighted by Crippen LogP contribution is 2.37. The van der Waals surface area contributed by atoms with E-state index in [0.29, 0.717) is 32.1 Å². The smallest absolute Gasteiger partial charge is 0.227 e. The third kappa shape index (κ3) is 5.95. The van der Waals surface area contributed by atoms with Gasteiger partial charge in [-0.15, -0.1) is 0 Å². The van der Waals surface area contributed by atoms with Crippen LogP contribution >= 0.6 is 0 Å². The van der Waals surface area contributed by atoms with Crippen molar-refractivity contribution in [1.29, 1.82) is 0 Å². The van der Waals surface area contributed by atoms with E-state index in [-0.39, 0.29) is 11.8 Å². The predicted molar refractivity (Wildman–Crippen MR) is 157 cm³/mol. The van der Waals surface area contributed by atoms with Gasteiger partial charge in [0, 0.05) is 25.4 Å². The molecule has 0 aliphatic carbocycles. The van der Waals surface area contributed by atoms with Crippen molar-refractivity contribution < 1.29 is 14.3 Å². The standard InChI is InChI=1S/C33H39N3O3/c1-4-24(3)25-16-18-27(19-17-25)39-21-11-10-20-35-29-13-7-6-12-28(29)34-33(35)26-22-32(37)36(23-26)30-14-8-9-15-31(30)38-5-2/h6-9,12-19,24,26H,4-5,10-11,20-23H2,1-3H3. The fraction of sp³-hybridized carbons (Fsp3) is 0.394. The van der Waals surface area contributed by atoms with E-state index in [4.69, 9.17) is 14.5 Å². The Kier molecular flexibility index (Phi) is 8.50. The summed E-state index contributed by atoms with van der Waals surface area (Å²) in [4.78, 5) is 20.0. The highest BCUT2D eigenvalue weighted by atomic mass is 16.5. The second kappa shape index (κ2) is 12.4. The first-order chi connectivity index (χ1) is 19.1. The molecule has 204 valence electrons. The molecule has 0 saturated carbocycles. The molecule has 0 spiro atoms. The summed E-state index contributed by atoms with van der Waals surface area (Å²) < 4.78 is 14.2. The fourth-order valence-corrected chi connectivity index (χ4v) is 5.40. The SMILES string of the molecule is CCOc1ccccc1N1CC(c2nc3ccccc3n2CCCCOc2ccc(C(C)CC)cc2)CC1=O. The van der Waals surface area contributed by atoms with Gasteiger partial charge in [-0.25, -0.2) is 4.98 Å². The molecule has 2 heterocycles. The summed E-state index contributed by atoms with van der Waals surface area (Å²) in [5.41, 5.74) is 4.29. The van der Waals surface area contributed by atoms with E-state index in [1.165, 1.54) is 5.56 Å². The largest absolute Gasteiger partial charge is 0.494 e. The number of imidazole rings is 1. The summed E-state index contributed by atoms with van der Waals surface area (Å²) in [6.07, 6.45) is 3.49. The first-order valence-electron chi connectivity index (χ1n) is 14.3. The predicted octanol–water partition coefficient (Wildman–Crippen LogP) is 7.33. The number of aryl methyl sites for hydroxylation is 1. The Morgan fingerprint density at radius 3 is 2.51 bits per heavy atom. The molecule has 2 atom stereocenters. The van der Waals surface area contributed by atoms with E-state index in [9.17, 15) is 4.79 Å². The lowest BCUT2D eigenvalue weighted by Gasteiger charge is -2.20. The molecule has 3 aromatic carbocycles. The number of carbonyl (C=O) groups is 1. The third-order valence-electron chi connectivity index (χ3n) is 7.74. The van der Waals surface area contributed by atoms with Gasteiger partial charge in [0.2, 0.25) is 5.91 Å². The molecule has 4 aromatic rings. The second-order valence-corrected chi connectivity index (χ2v) is 10.4. The van der Waals surface area contributed by atoms with Crippen LogP contribution in [0, 0.1) is 0 Å². The Balaban J connectivity index is 1.25. The van der Waals surface area contributed by atoms with Gasteiger partial charge in [-0.1, -0.05) is 50.2 Å². The van der Waals surface area contributed by atoms with Crippen molar-refractivity contribution in [2.45, 2.75) is 64.8 Å². The highest BCUT2D eigenvalue weighted by Gasteiger charge is 2.35. The van der Waals surface area contributed by atoms with Crippen LogP contribution in [0.15, 0.2) is 72.8 Å². The lowest BCUT2D eigenvalue weighted by Crippen LogP contribution is -2.25. The van der Waals surface area contributed by atoms with Gasteiger partial charge < -0.3 is 18.9 Å². The van der Waals surface area contributed by atoms with Crippen molar-refractivity contribution in [3.63, 3.8) is 0 Å². The summed E-state index contributed by atoms with van der Waals surface area (Å²) in [6, 6.07) is 24.6. The van der Waals surface area contributed by atoms with Crippen LogP contribution in [0.25, 0.3) is 11.0 Å². The maximum Gasteiger partial charge on any atom is 0.227 e. The van der Waals surface area contributed by atoms with Crippen molar-refractivity contribution in [3.8, 4) is 11.5 Å². The Morgan fingerprint density at radius 2 is 1.72 bits per heavy atom. The summed E-state index contributed by atoms with van der Waals surface area (Å²) in [6.45, 7) is 9.10. The number of rotatable bonds is 12. The van der Waals surface area contributed by atoms with E-state index in [0.717, 1.165) is 59.9 Å². The quantitative estimate of drug-likeness (QED) is 0.182. The molecule has 0 radical (unpaired) electrons. The number of amides is 1. The number of fused-ring (bicyclic) bond motifs is 1. The molecule has 0 N–H and O–H groups in total. The summed E-state index contributed by atoms with van der Waals surface area (Å²) >= 11 is 0. The maximum absolute atomic E-state index is 13.2. The number of nitrogens with zero attached hydrogens (tertiary/aromatic N) is 3. The van der Waals surface area contributed by atoms with E-state index < -0.39 is 0 Å². The van der Waals surface area contributed by atoms with Crippen LogP contribution in [-0.4, -0.2) is 35.2 Å². The number of benzene rings is 3. The van der Waals surface area contributed by atoms with E-state index >= 15 is 0 Å². The summed E-state index contributed by atoms with van der Waals surface area (Å²) in [5, 5.41) is 0. The molecule has 0 bridgehead atoms. The molecule has 1 saturated heterocycles. The minimum atomic E-state index is 0.0276. The number of hydrogen-bond acceptors (Lipinski definition) is 4. The second-order valence-electron chi connectivity index (χ2n) is 10.4. The zero-order chi connectivity index (χ0) is 27.2. The molecule has 6 heteroatoms. The lowest BCUT2D eigenvalue weighted by atomic mass is 9.99. The number of para-hydroxylation sites is 4. The number of ether oxygens (including phenoxy) is 2. The molecule has 1 aromatic heterocycles. The molecule has 39 heavy (non-hydrogen) atoms. The number of hydrogen-bond donors (Lipinski definition) is 0. The normalized spacial score (nSPS) is 16.1. The van der Waals surface area contributed by atoms with E-state index in [1.54, 1.807) is 0 Å². The number of carbonyl (C=O) groups excluding carboxylic acids is 1. The Labute approximate surface area is 231 Å². The molecular weight excluding hydrogens is 486 g/mol. The minimum absolute atomic E-state index is 0.0276. The zero-order valence-electron chi connectivity index (χ0n) is 23.3. The van der Waals surface area contributed by atoms with Gasteiger partial charge in [-0.3, -0.25) is 4.79 Å². The maximum atomic E-state index is 13.2. The van der Waals surface area contributed by atoms with Gasteiger partial charge >= 0.3 is 0 Å². The molecule has 1 amide bonds. The van der Waals surface area contributed by atoms with Crippen LogP contribution in [-0.2, 0) is 11.3 Å². The average Bonchev–Trinajstić information content (AvgIpc) is 3.53. The minimum Gasteiger partial charge on any atom is -0.494 e. The van der Waals surface area contributed by atoms with Crippen molar-refractivity contribution >= 4 is 22.6 Å². The molecule has 1 aliphatic heterocycles. The van der Waals surface area contributed by atoms with E-state index in [1.807, 2.05) is 42.2 Å². The molecule has 2 unspecified atom stereocenters. The highest BCUT2D eigenvalue weighted by molar-refractivity contribution is 5.97. The van der Waals surface area contributed by atoms with Crippen LogP contribution in [0.3, 0.4) is 0 Å². The van der Waals surface area contributed by atoms with Crippen LogP contribution < -0.4 is 14.4 Å². The van der Waals surface area contributed by atoms with Gasteiger partial charge in [0.05, 0.1) is 29.9 Å². The van der Waals surface area contributed by atoms with Gasteiger partial charge in [0.15, 0.2) is 0 Å². The fourth-order valence-electron chi connectivity index (χ4n) is 5.40. The van der Waals surface area contributed by atoms with Gasteiger partial charge in [0.1, 0.15) is 17.3 Å². The van der Waals surface area contributed by atoms with Crippen molar-refractivity contribution in [3.05, 3.63) is 84.2 Å². The van der Waals surface area contributed by atoms with Crippen LogP contribution in [0.5, 0.6) is 11.5 Å². The Hall–Kier alpha value is -3.80. The topological polar surface area (TPSA) is 56.6 Å². The van der Waals surface area contributed by atoms with Crippen LogP contribution in [0.2, 0.25) is 0 Å². The lowest BCUT2D eigenvalue weighted by molar-refractivity contribution is -0.117. The zero-order valence-corrected chi connectivity index (χ0v) is 23.3.